The molecule has 1 aromatic heterocycles. The quantitative estimate of drug-likeness (QED) is 0.565. The van der Waals surface area contributed by atoms with Crippen molar-refractivity contribution in [3.8, 4) is 22.9 Å². The minimum absolute atomic E-state index is 0.0155. The Kier molecular flexibility index (Phi) is 6.82. The van der Waals surface area contributed by atoms with Gasteiger partial charge in [0.05, 0.1) is 24.1 Å². The first kappa shape index (κ1) is 22.6. The molecule has 0 unspecified atom stereocenters. The number of methoxy groups -OCH3 is 1. The number of nitrogens with zero attached hydrogens (tertiary/aromatic N) is 2. The standard InChI is InChI=1S/C22H22ClFN2O5/c1-22(2,28)13-31-19-7-5-16(11-20(19)29-3)26-9-8-15(25-21(26)27)12-30-18-6-4-14(23)10-17(18)24/h4-11,28H,12-13H2,1-3H3. The van der Waals surface area contributed by atoms with E-state index in [0.29, 0.717) is 22.9 Å². The van der Waals surface area contributed by atoms with E-state index in [0.717, 1.165) is 6.07 Å². The molecule has 0 amide bonds. The number of aromatic nitrogens is 2. The Morgan fingerprint density at radius 3 is 2.48 bits per heavy atom. The molecule has 1 heterocycles. The van der Waals surface area contributed by atoms with E-state index in [9.17, 15) is 14.3 Å². The first-order valence-corrected chi connectivity index (χ1v) is 9.74. The average molecular weight is 449 g/mol. The number of hydrogen-bond acceptors (Lipinski definition) is 6. The molecular weight excluding hydrogens is 427 g/mol. The number of hydrogen-bond donors (Lipinski definition) is 1. The monoisotopic (exact) mass is 448 g/mol. The summed E-state index contributed by atoms with van der Waals surface area (Å²) in [7, 11) is 1.48. The summed E-state index contributed by atoms with van der Waals surface area (Å²) in [5.41, 5.74) is -0.684. The zero-order valence-corrected chi connectivity index (χ0v) is 18.0. The Morgan fingerprint density at radius 2 is 1.84 bits per heavy atom. The second-order valence-corrected chi connectivity index (χ2v) is 7.81. The predicted molar refractivity (Wildman–Crippen MR) is 114 cm³/mol. The maximum atomic E-state index is 13.8. The van der Waals surface area contributed by atoms with E-state index in [1.807, 2.05) is 0 Å². The van der Waals surface area contributed by atoms with Crippen LogP contribution in [0.3, 0.4) is 0 Å². The fourth-order valence-corrected chi connectivity index (χ4v) is 2.80. The summed E-state index contributed by atoms with van der Waals surface area (Å²) in [4.78, 5) is 16.5. The zero-order valence-electron chi connectivity index (χ0n) is 17.3. The van der Waals surface area contributed by atoms with E-state index in [1.165, 1.54) is 23.8 Å². The van der Waals surface area contributed by atoms with Gasteiger partial charge in [0.1, 0.15) is 13.2 Å². The lowest BCUT2D eigenvalue weighted by Crippen LogP contribution is -2.28. The van der Waals surface area contributed by atoms with Gasteiger partial charge in [0, 0.05) is 17.3 Å². The fourth-order valence-electron chi connectivity index (χ4n) is 2.64. The maximum Gasteiger partial charge on any atom is 0.352 e. The Labute approximate surface area is 183 Å². The van der Waals surface area contributed by atoms with Gasteiger partial charge in [-0.2, -0.15) is 4.98 Å². The summed E-state index contributed by atoms with van der Waals surface area (Å²) in [6.07, 6.45) is 1.54. The zero-order chi connectivity index (χ0) is 22.6. The molecule has 0 fully saturated rings. The van der Waals surface area contributed by atoms with Crippen molar-refractivity contribution in [1.29, 1.82) is 0 Å². The summed E-state index contributed by atoms with van der Waals surface area (Å²) in [5.74, 6) is 0.255. The Balaban J connectivity index is 1.77. The molecule has 164 valence electrons. The first-order chi connectivity index (χ1) is 14.7. The van der Waals surface area contributed by atoms with Crippen molar-refractivity contribution in [3.63, 3.8) is 0 Å². The molecule has 0 aliphatic carbocycles. The molecule has 9 heteroatoms. The molecule has 0 saturated carbocycles. The highest BCUT2D eigenvalue weighted by Gasteiger charge is 2.16. The summed E-state index contributed by atoms with van der Waals surface area (Å²) in [6.45, 7) is 3.26. The van der Waals surface area contributed by atoms with Crippen molar-refractivity contribution in [2.24, 2.45) is 0 Å². The molecule has 0 radical (unpaired) electrons. The number of benzene rings is 2. The smallest absolute Gasteiger partial charge is 0.352 e. The fraction of sp³-hybridized carbons (Fsp3) is 0.273. The van der Waals surface area contributed by atoms with Gasteiger partial charge in [-0.3, -0.25) is 4.57 Å². The maximum absolute atomic E-state index is 13.8. The molecule has 0 atom stereocenters. The third-order valence-corrected chi connectivity index (χ3v) is 4.37. The molecule has 7 nitrogen and oxygen atoms in total. The van der Waals surface area contributed by atoms with E-state index in [2.05, 4.69) is 4.98 Å². The van der Waals surface area contributed by atoms with Crippen molar-refractivity contribution in [1.82, 2.24) is 9.55 Å². The Morgan fingerprint density at radius 1 is 1.10 bits per heavy atom. The van der Waals surface area contributed by atoms with E-state index in [1.54, 1.807) is 44.3 Å². The van der Waals surface area contributed by atoms with Gasteiger partial charge in [-0.1, -0.05) is 11.6 Å². The number of ether oxygens (including phenoxy) is 3. The van der Waals surface area contributed by atoms with E-state index in [4.69, 9.17) is 25.8 Å². The van der Waals surface area contributed by atoms with E-state index in [-0.39, 0.29) is 24.0 Å². The van der Waals surface area contributed by atoms with Gasteiger partial charge in [0.15, 0.2) is 23.1 Å². The van der Waals surface area contributed by atoms with Crippen LogP contribution >= 0.6 is 11.6 Å². The molecule has 31 heavy (non-hydrogen) atoms. The molecule has 3 rings (SSSR count). The van der Waals surface area contributed by atoms with Crippen LogP contribution < -0.4 is 19.9 Å². The van der Waals surface area contributed by atoms with Crippen molar-refractivity contribution < 1.29 is 23.7 Å². The lowest BCUT2D eigenvalue weighted by molar-refractivity contribution is 0.0276. The Hall–Kier alpha value is -3.10. The van der Waals surface area contributed by atoms with E-state index < -0.39 is 17.1 Å². The topological polar surface area (TPSA) is 82.8 Å². The van der Waals surface area contributed by atoms with Gasteiger partial charge < -0.3 is 19.3 Å². The summed E-state index contributed by atoms with van der Waals surface area (Å²) < 4.78 is 31.4. The molecule has 0 spiro atoms. The van der Waals surface area contributed by atoms with Crippen molar-refractivity contribution in [3.05, 3.63) is 75.7 Å². The number of halogens is 2. The second-order valence-electron chi connectivity index (χ2n) is 7.37. The highest BCUT2D eigenvalue weighted by molar-refractivity contribution is 6.30. The van der Waals surface area contributed by atoms with Gasteiger partial charge in [-0.15, -0.1) is 0 Å². The van der Waals surface area contributed by atoms with E-state index >= 15 is 0 Å². The average Bonchev–Trinajstić information content (AvgIpc) is 2.71. The van der Waals surface area contributed by atoms with Crippen molar-refractivity contribution in [2.75, 3.05) is 13.7 Å². The SMILES string of the molecule is COc1cc(-n2ccc(COc3ccc(Cl)cc3F)nc2=O)ccc1OCC(C)(C)O. The van der Waals surface area contributed by atoms with Crippen LogP contribution in [0.15, 0.2) is 53.5 Å². The summed E-state index contributed by atoms with van der Waals surface area (Å²) in [6, 6.07) is 10.6. The molecular formula is C22H22ClFN2O5. The normalized spacial score (nSPS) is 11.3. The third-order valence-electron chi connectivity index (χ3n) is 4.14. The number of rotatable bonds is 8. The molecule has 0 bridgehead atoms. The first-order valence-electron chi connectivity index (χ1n) is 9.36. The second kappa shape index (κ2) is 9.36. The molecule has 3 aromatic rings. The predicted octanol–water partition coefficient (Wildman–Crippen LogP) is 3.76. The molecule has 0 aliphatic heterocycles. The highest BCUT2D eigenvalue weighted by atomic mass is 35.5. The number of aliphatic hydroxyl groups is 1. The van der Waals surface area contributed by atoms with Gasteiger partial charge in [-0.05, 0) is 50.2 Å². The Bertz CT molecular complexity index is 1130. The summed E-state index contributed by atoms with van der Waals surface area (Å²) in [5, 5.41) is 10.1. The van der Waals surface area contributed by atoms with Gasteiger partial charge in [-0.25, -0.2) is 9.18 Å². The minimum Gasteiger partial charge on any atom is -0.493 e. The van der Waals surface area contributed by atoms with Gasteiger partial charge >= 0.3 is 5.69 Å². The highest BCUT2D eigenvalue weighted by Crippen LogP contribution is 2.30. The van der Waals surface area contributed by atoms with Crippen LogP contribution in [-0.2, 0) is 6.61 Å². The summed E-state index contributed by atoms with van der Waals surface area (Å²) >= 11 is 5.72. The van der Waals surface area contributed by atoms with Crippen LogP contribution in [0.1, 0.15) is 19.5 Å². The third kappa shape index (κ3) is 5.96. The van der Waals surface area contributed by atoms with Crippen molar-refractivity contribution >= 4 is 11.6 Å². The van der Waals surface area contributed by atoms with Crippen LogP contribution in [0.4, 0.5) is 4.39 Å². The van der Waals surface area contributed by atoms with Crippen molar-refractivity contribution in [2.45, 2.75) is 26.1 Å². The lowest BCUT2D eigenvalue weighted by atomic mass is 10.2. The molecule has 0 aliphatic rings. The minimum atomic E-state index is -1.00. The van der Waals surface area contributed by atoms with Crippen LogP contribution in [0, 0.1) is 5.82 Å². The van der Waals surface area contributed by atoms with Gasteiger partial charge in [0.25, 0.3) is 0 Å². The van der Waals surface area contributed by atoms with Crippen LogP contribution in [0.25, 0.3) is 5.69 Å². The van der Waals surface area contributed by atoms with Crippen LogP contribution in [-0.4, -0.2) is 34.0 Å². The van der Waals surface area contributed by atoms with Crippen LogP contribution in [0.5, 0.6) is 17.2 Å². The van der Waals surface area contributed by atoms with Crippen LogP contribution in [0.2, 0.25) is 5.02 Å². The molecule has 0 saturated heterocycles. The largest absolute Gasteiger partial charge is 0.493 e. The molecule has 2 aromatic carbocycles. The lowest BCUT2D eigenvalue weighted by Gasteiger charge is -2.19. The van der Waals surface area contributed by atoms with Gasteiger partial charge in [0.2, 0.25) is 0 Å². The molecule has 1 N–H and O–H groups in total.